The molecule has 0 spiro atoms. The average Bonchev–Trinajstić information content (AvgIpc) is 3.30. The monoisotopic (exact) mass is 487 g/mol. The number of benzene rings is 4. The van der Waals surface area contributed by atoms with Gasteiger partial charge in [-0.05, 0) is 59.0 Å². The lowest BCUT2D eigenvalue weighted by molar-refractivity contribution is -0.119. The first kappa shape index (κ1) is 22.7. The van der Waals surface area contributed by atoms with Gasteiger partial charge in [-0.3, -0.25) is 9.10 Å². The molecule has 0 bridgehead atoms. The van der Waals surface area contributed by atoms with Crippen LogP contribution in [0.5, 0.6) is 0 Å². The molecule has 8 heteroatoms. The second-order valence-electron chi connectivity index (χ2n) is 8.22. The highest BCUT2D eigenvalue weighted by Crippen LogP contribution is 2.32. The number of sulfonamides is 1. The molecular weight excluding hydrogens is 465 g/mol. The van der Waals surface area contributed by atoms with Crippen molar-refractivity contribution in [1.82, 2.24) is 5.43 Å². The molecule has 1 aliphatic rings. The van der Waals surface area contributed by atoms with E-state index in [9.17, 15) is 17.6 Å². The van der Waals surface area contributed by atoms with E-state index in [2.05, 4.69) is 22.7 Å². The third-order valence-electron chi connectivity index (χ3n) is 6.04. The van der Waals surface area contributed by atoms with E-state index in [1.165, 1.54) is 53.1 Å². The molecule has 0 fully saturated rings. The van der Waals surface area contributed by atoms with Gasteiger partial charge in [0.15, 0.2) is 0 Å². The molecule has 176 valence electrons. The quantitative estimate of drug-likeness (QED) is 0.310. The zero-order chi connectivity index (χ0) is 24.4. The number of para-hydroxylation sites is 1. The fourth-order valence-electron chi connectivity index (χ4n) is 4.39. The molecule has 6 nitrogen and oxygen atoms in total. The molecule has 5 rings (SSSR count). The fraction of sp³-hybridized carbons (Fsp3) is 0.111. The van der Waals surface area contributed by atoms with Crippen LogP contribution in [0, 0.1) is 5.82 Å². The molecule has 0 saturated carbocycles. The summed E-state index contributed by atoms with van der Waals surface area (Å²) in [4.78, 5) is 12.7. The van der Waals surface area contributed by atoms with Crippen molar-refractivity contribution in [2.45, 2.75) is 17.7 Å². The van der Waals surface area contributed by atoms with Crippen LogP contribution in [0.4, 0.5) is 10.1 Å². The number of hydrazone groups is 1. The minimum absolute atomic E-state index is 0.0487. The van der Waals surface area contributed by atoms with E-state index in [1.807, 2.05) is 18.2 Å². The highest BCUT2D eigenvalue weighted by Gasteiger charge is 2.29. The van der Waals surface area contributed by atoms with Crippen molar-refractivity contribution in [3.05, 3.63) is 107 Å². The summed E-state index contributed by atoms with van der Waals surface area (Å²) in [6.45, 7) is -0.640. The number of nitrogens with one attached hydrogen (secondary N) is 1. The van der Waals surface area contributed by atoms with E-state index in [4.69, 9.17) is 0 Å². The molecule has 0 aromatic heterocycles. The summed E-state index contributed by atoms with van der Waals surface area (Å²) in [6.07, 6.45) is 3.55. The molecule has 0 radical (unpaired) electrons. The summed E-state index contributed by atoms with van der Waals surface area (Å²) in [5.41, 5.74) is 5.60. The zero-order valence-corrected chi connectivity index (χ0v) is 19.5. The number of halogens is 1. The number of hydrogen-bond donors (Lipinski definition) is 1. The second kappa shape index (κ2) is 9.31. The van der Waals surface area contributed by atoms with Gasteiger partial charge in [-0.2, -0.15) is 5.10 Å². The van der Waals surface area contributed by atoms with Crippen molar-refractivity contribution < 1.29 is 17.6 Å². The number of anilines is 1. The third kappa shape index (κ3) is 4.40. The van der Waals surface area contributed by atoms with Crippen LogP contribution in [-0.4, -0.2) is 27.1 Å². The first-order valence-corrected chi connectivity index (χ1v) is 12.6. The standard InChI is InChI=1S/C27H22FN3O3S/c28-24-11-4-5-12-25(24)31(35(33,34)22-8-2-1-3-9-22)18-26(32)30-29-17-21-16-15-20-14-13-19-7-6-10-23(21)27(19)20/h1-12,15-17H,13-14,18H2,(H,30,32)/b29-17-. The Morgan fingerprint density at radius 3 is 2.40 bits per heavy atom. The summed E-state index contributed by atoms with van der Waals surface area (Å²) in [5.74, 6) is -1.45. The van der Waals surface area contributed by atoms with Crippen LogP contribution in [0.1, 0.15) is 16.7 Å². The number of amides is 1. The van der Waals surface area contributed by atoms with Crippen LogP contribution >= 0.6 is 0 Å². The summed E-state index contributed by atoms with van der Waals surface area (Å²) >= 11 is 0. The van der Waals surface area contributed by atoms with Gasteiger partial charge in [-0.15, -0.1) is 0 Å². The fourth-order valence-corrected chi connectivity index (χ4v) is 5.84. The van der Waals surface area contributed by atoms with Crippen molar-refractivity contribution in [2.24, 2.45) is 5.10 Å². The largest absolute Gasteiger partial charge is 0.271 e. The number of aryl methyl sites for hydroxylation is 2. The minimum Gasteiger partial charge on any atom is -0.271 e. The Morgan fingerprint density at radius 1 is 0.914 bits per heavy atom. The molecule has 4 aromatic carbocycles. The van der Waals surface area contributed by atoms with Gasteiger partial charge in [0, 0.05) is 5.56 Å². The van der Waals surface area contributed by atoms with Gasteiger partial charge >= 0.3 is 0 Å². The van der Waals surface area contributed by atoms with Gasteiger partial charge in [-0.25, -0.2) is 18.2 Å². The number of hydrogen-bond acceptors (Lipinski definition) is 4. The summed E-state index contributed by atoms with van der Waals surface area (Å²) in [7, 11) is -4.20. The highest BCUT2D eigenvalue weighted by molar-refractivity contribution is 7.92. The van der Waals surface area contributed by atoms with E-state index < -0.39 is 28.3 Å². The van der Waals surface area contributed by atoms with Gasteiger partial charge in [-0.1, -0.05) is 60.7 Å². The molecule has 4 aromatic rings. The molecule has 1 amide bonds. The molecule has 0 heterocycles. The van der Waals surface area contributed by atoms with Gasteiger partial charge < -0.3 is 0 Å². The van der Waals surface area contributed by atoms with E-state index in [1.54, 1.807) is 18.2 Å². The molecule has 35 heavy (non-hydrogen) atoms. The molecular formula is C27H22FN3O3S. The van der Waals surface area contributed by atoms with Crippen molar-refractivity contribution in [3.8, 4) is 0 Å². The lowest BCUT2D eigenvalue weighted by Crippen LogP contribution is -2.40. The summed E-state index contributed by atoms with van der Waals surface area (Å²) in [6, 6.07) is 23.2. The SMILES string of the molecule is O=C(CN(c1ccccc1F)S(=O)(=O)c1ccccc1)N/N=C\c1ccc2c3c(cccc13)CC2. The van der Waals surface area contributed by atoms with E-state index in [0.717, 1.165) is 34.2 Å². The Bertz CT molecular complexity index is 1540. The van der Waals surface area contributed by atoms with Crippen molar-refractivity contribution in [2.75, 3.05) is 10.8 Å². The molecule has 0 saturated heterocycles. The van der Waals surface area contributed by atoms with Gasteiger partial charge in [0.25, 0.3) is 15.9 Å². The first-order chi connectivity index (χ1) is 16.9. The Balaban J connectivity index is 1.39. The molecule has 0 unspecified atom stereocenters. The van der Waals surface area contributed by atoms with Gasteiger partial charge in [0.05, 0.1) is 16.8 Å². The predicted octanol–water partition coefficient (Wildman–Crippen LogP) is 4.42. The van der Waals surface area contributed by atoms with Crippen LogP contribution in [-0.2, 0) is 27.7 Å². The second-order valence-corrected chi connectivity index (χ2v) is 10.1. The average molecular weight is 488 g/mol. The van der Waals surface area contributed by atoms with Crippen LogP contribution in [0.25, 0.3) is 10.8 Å². The van der Waals surface area contributed by atoms with Crippen molar-refractivity contribution >= 4 is 38.6 Å². The number of nitrogens with zero attached hydrogens (tertiary/aromatic N) is 2. The van der Waals surface area contributed by atoms with Crippen LogP contribution in [0.3, 0.4) is 0 Å². The molecule has 0 atom stereocenters. The highest BCUT2D eigenvalue weighted by atomic mass is 32.2. The first-order valence-electron chi connectivity index (χ1n) is 11.1. The Kier molecular flexibility index (Phi) is 6.05. The Hall–Kier alpha value is -4.04. The maximum Gasteiger partial charge on any atom is 0.264 e. The number of carbonyl (C=O) groups excluding carboxylic acids is 1. The maximum absolute atomic E-state index is 14.6. The van der Waals surface area contributed by atoms with E-state index in [0.29, 0.717) is 0 Å². The zero-order valence-electron chi connectivity index (χ0n) is 18.7. The molecule has 1 N–H and O–H groups in total. The minimum atomic E-state index is -4.20. The van der Waals surface area contributed by atoms with E-state index in [-0.39, 0.29) is 10.6 Å². The predicted molar refractivity (Wildman–Crippen MR) is 134 cm³/mol. The van der Waals surface area contributed by atoms with Crippen molar-refractivity contribution in [3.63, 3.8) is 0 Å². The summed E-state index contributed by atoms with van der Waals surface area (Å²) < 4.78 is 41.9. The van der Waals surface area contributed by atoms with Crippen molar-refractivity contribution in [1.29, 1.82) is 0 Å². The third-order valence-corrected chi connectivity index (χ3v) is 7.82. The van der Waals surface area contributed by atoms with Crippen LogP contribution in [0.15, 0.2) is 94.9 Å². The molecule has 1 aliphatic carbocycles. The normalized spacial score (nSPS) is 12.8. The lowest BCUT2D eigenvalue weighted by atomic mass is 10.0. The van der Waals surface area contributed by atoms with Crippen LogP contribution in [0.2, 0.25) is 0 Å². The lowest BCUT2D eigenvalue weighted by Gasteiger charge is -2.24. The van der Waals surface area contributed by atoms with Crippen LogP contribution < -0.4 is 9.73 Å². The van der Waals surface area contributed by atoms with Gasteiger partial charge in [0.1, 0.15) is 12.4 Å². The topological polar surface area (TPSA) is 78.8 Å². The number of rotatable bonds is 7. The smallest absolute Gasteiger partial charge is 0.264 e. The van der Waals surface area contributed by atoms with E-state index >= 15 is 0 Å². The Labute approximate surface area is 202 Å². The Morgan fingerprint density at radius 2 is 1.63 bits per heavy atom. The summed E-state index contributed by atoms with van der Waals surface area (Å²) in [5, 5.41) is 6.33. The number of carbonyl (C=O) groups is 1. The van der Waals surface area contributed by atoms with Gasteiger partial charge in [0.2, 0.25) is 0 Å². The maximum atomic E-state index is 14.6. The molecule has 0 aliphatic heterocycles.